The molecule has 1 aromatic heterocycles. The fourth-order valence-corrected chi connectivity index (χ4v) is 1.64. The van der Waals surface area contributed by atoms with Crippen LogP contribution in [0.15, 0.2) is 10.7 Å². The van der Waals surface area contributed by atoms with Crippen molar-refractivity contribution >= 4 is 21.9 Å². The van der Waals surface area contributed by atoms with Gasteiger partial charge in [0.2, 0.25) is 0 Å². The number of aryl methyl sites for hydroxylation is 1. The third-order valence-electron chi connectivity index (χ3n) is 1.54. The normalized spacial score (nSPS) is 9.77. The van der Waals surface area contributed by atoms with Crippen molar-refractivity contribution in [2.24, 2.45) is 0 Å². The smallest absolute Gasteiger partial charge is 0.354 e. The average molecular weight is 246 g/mol. The molecular weight excluding hydrogens is 238 g/mol. The van der Waals surface area contributed by atoms with Gasteiger partial charge in [0, 0.05) is 0 Å². The van der Waals surface area contributed by atoms with Crippen molar-refractivity contribution in [2.75, 3.05) is 7.11 Å². The van der Waals surface area contributed by atoms with E-state index in [2.05, 4.69) is 20.9 Å². The Labute approximate surface area is 83.7 Å². The fourth-order valence-electron chi connectivity index (χ4n) is 0.977. The van der Waals surface area contributed by atoms with E-state index in [0.717, 1.165) is 5.56 Å². The van der Waals surface area contributed by atoms with Crippen LogP contribution in [-0.4, -0.2) is 23.2 Å². The summed E-state index contributed by atoms with van der Waals surface area (Å²) in [6.45, 7) is 1.76. The zero-order valence-corrected chi connectivity index (χ0v) is 8.75. The Morgan fingerprint density at radius 3 is 2.69 bits per heavy atom. The lowest BCUT2D eigenvalue weighted by molar-refractivity contribution is 0.0690. The molecule has 5 heteroatoms. The zero-order valence-electron chi connectivity index (χ0n) is 7.17. The Hall–Kier alpha value is -1.10. The van der Waals surface area contributed by atoms with Crippen LogP contribution in [0.5, 0.6) is 5.75 Å². The Kier molecular flexibility index (Phi) is 2.87. The highest BCUT2D eigenvalue weighted by Crippen LogP contribution is 2.26. The molecule has 4 nitrogen and oxygen atoms in total. The minimum absolute atomic E-state index is 0.00479. The van der Waals surface area contributed by atoms with Crippen LogP contribution in [0.3, 0.4) is 0 Å². The van der Waals surface area contributed by atoms with Crippen LogP contribution >= 0.6 is 15.9 Å². The van der Waals surface area contributed by atoms with Gasteiger partial charge in [0.1, 0.15) is 10.3 Å². The van der Waals surface area contributed by atoms with Crippen LogP contribution in [0.4, 0.5) is 0 Å². The van der Waals surface area contributed by atoms with Crippen LogP contribution in [0.1, 0.15) is 16.1 Å². The molecule has 0 saturated carbocycles. The van der Waals surface area contributed by atoms with Crippen molar-refractivity contribution in [1.29, 1.82) is 0 Å². The van der Waals surface area contributed by atoms with Crippen molar-refractivity contribution in [3.63, 3.8) is 0 Å². The van der Waals surface area contributed by atoms with E-state index in [-0.39, 0.29) is 5.69 Å². The Morgan fingerprint density at radius 2 is 2.31 bits per heavy atom. The largest absolute Gasteiger partial charge is 0.494 e. The first kappa shape index (κ1) is 9.98. The van der Waals surface area contributed by atoms with E-state index < -0.39 is 5.97 Å². The Bertz CT molecular complexity index is 328. The summed E-state index contributed by atoms with van der Waals surface area (Å²) in [5, 5.41) is 8.67. The second-order valence-corrected chi connectivity index (χ2v) is 3.20. The molecule has 0 aliphatic heterocycles. The van der Waals surface area contributed by atoms with E-state index in [4.69, 9.17) is 9.84 Å². The molecule has 0 bridgehead atoms. The van der Waals surface area contributed by atoms with Crippen molar-refractivity contribution in [2.45, 2.75) is 6.92 Å². The maximum Gasteiger partial charge on any atom is 0.354 e. The first-order valence-electron chi connectivity index (χ1n) is 3.50. The number of hydrogen-bond donors (Lipinski definition) is 1. The van der Waals surface area contributed by atoms with Crippen LogP contribution in [0.25, 0.3) is 0 Å². The lowest BCUT2D eigenvalue weighted by atomic mass is 10.2. The number of pyridine rings is 1. The van der Waals surface area contributed by atoms with Crippen molar-refractivity contribution in [3.8, 4) is 5.75 Å². The second kappa shape index (κ2) is 3.74. The molecule has 0 spiro atoms. The lowest BCUT2D eigenvalue weighted by Crippen LogP contribution is -2.02. The van der Waals surface area contributed by atoms with Gasteiger partial charge >= 0.3 is 5.97 Å². The molecule has 1 N–H and O–H groups in total. The number of rotatable bonds is 2. The summed E-state index contributed by atoms with van der Waals surface area (Å²) in [4.78, 5) is 14.4. The van der Waals surface area contributed by atoms with Crippen LogP contribution in [0.2, 0.25) is 0 Å². The number of methoxy groups -OCH3 is 1. The summed E-state index contributed by atoms with van der Waals surface area (Å²) >= 11 is 3.13. The van der Waals surface area contributed by atoms with Gasteiger partial charge in [-0.15, -0.1) is 0 Å². The van der Waals surface area contributed by atoms with Crippen LogP contribution in [-0.2, 0) is 0 Å². The van der Waals surface area contributed by atoms with Gasteiger partial charge in [-0.3, -0.25) is 0 Å². The van der Waals surface area contributed by atoms with Gasteiger partial charge in [0.05, 0.1) is 7.11 Å². The summed E-state index contributed by atoms with van der Waals surface area (Å²) in [5.74, 6) is -0.489. The molecule has 1 rings (SSSR count). The summed E-state index contributed by atoms with van der Waals surface area (Å²) in [6, 6.07) is 1.46. The van der Waals surface area contributed by atoms with Gasteiger partial charge in [-0.05, 0) is 34.5 Å². The molecule has 0 amide bonds. The lowest BCUT2D eigenvalue weighted by Gasteiger charge is -2.06. The number of hydrogen-bond acceptors (Lipinski definition) is 3. The summed E-state index contributed by atoms with van der Waals surface area (Å²) in [7, 11) is 1.51. The standard InChI is InChI=1S/C8H8BrNO3/c1-4-3-5(8(11)12)10-7(9)6(4)13-2/h3H,1-2H3,(H,11,12). The molecule has 0 aliphatic rings. The summed E-state index contributed by atoms with van der Waals surface area (Å²) < 4.78 is 5.42. The highest BCUT2D eigenvalue weighted by molar-refractivity contribution is 9.10. The molecule has 0 atom stereocenters. The number of aromatic carboxylic acids is 1. The SMILES string of the molecule is COc1c(C)cc(C(=O)O)nc1Br. The maximum absolute atomic E-state index is 10.6. The number of carbonyl (C=O) groups is 1. The second-order valence-electron chi connectivity index (χ2n) is 2.45. The Balaban J connectivity index is 3.28. The van der Waals surface area contributed by atoms with E-state index in [9.17, 15) is 4.79 Å². The predicted octanol–water partition coefficient (Wildman–Crippen LogP) is 1.86. The molecule has 0 saturated heterocycles. The monoisotopic (exact) mass is 245 g/mol. The number of carboxylic acids is 1. The molecular formula is C8H8BrNO3. The molecule has 1 heterocycles. The Morgan fingerprint density at radius 1 is 1.69 bits per heavy atom. The molecule has 0 radical (unpaired) electrons. The van der Waals surface area contributed by atoms with Gasteiger partial charge < -0.3 is 9.84 Å². The van der Waals surface area contributed by atoms with E-state index in [1.807, 2.05) is 0 Å². The number of nitrogens with zero attached hydrogens (tertiary/aromatic N) is 1. The van der Waals surface area contributed by atoms with E-state index in [1.54, 1.807) is 6.92 Å². The topological polar surface area (TPSA) is 59.4 Å². The van der Waals surface area contributed by atoms with Gasteiger partial charge in [-0.2, -0.15) is 0 Å². The van der Waals surface area contributed by atoms with Gasteiger partial charge in [-0.25, -0.2) is 9.78 Å². The maximum atomic E-state index is 10.6. The molecule has 0 aliphatic carbocycles. The van der Waals surface area contributed by atoms with Crippen molar-refractivity contribution < 1.29 is 14.6 Å². The molecule has 0 aromatic carbocycles. The highest BCUT2D eigenvalue weighted by atomic mass is 79.9. The van der Waals surface area contributed by atoms with Crippen LogP contribution < -0.4 is 4.74 Å². The molecule has 70 valence electrons. The quantitative estimate of drug-likeness (QED) is 0.809. The minimum atomic E-state index is -1.05. The molecule has 1 aromatic rings. The third-order valence-corrected chi connectivity index (χ3v) is 2.08. The van der Waals surface area contributed by atoms with Crippen molar-refractivity contribution in [1.82, 2.24) is 4.98 Å². The number of aromatic nitrogens is 1. The zero-order chi connectivity index (χ0) is 10.0. The first-order valence-corrected chi connectivity index (χ1v) is 4.30. The molecule has 0 fully saturated rings. The van der Waals surface area contributed by atoms with Gasteiger partial charge in [-0.1, -0.05) is 0 Å². The van der Waals surface area contributed by atoms with Gasteiger partial charge in [0.25, 0.3) is 0 Å². The summed E-state index contributed by atoms with van der Waals surface area (Å²) in [5.41, 5.74) is 0.743. The fraction of sp³-hybridized carbons (Fsp3) is 0.250. The third kappa shape index (κ3) is 1.98. The number of halogens is 1. The highest BCUT2D eigenvalue weighted by Gasteiger charge is 2.11. The van der Waals surface area contributed by atoms with Gasteiger partial charge in [0.15, 0.2) is 5.75 Å². The number of carboxylic acid groups (broad SMARTS) is 1. The first-order chi connectivity index (χ1) is 6.06. The average Bonchev–Trinajstić information content (AvgIpc) is 2.03. The van der Waals surface area contributed by atoms with E-state index in [0.29, 0.717) is 10.4 Å². The number of ether oxygens (including phenoxy) is 1. The van der Waals surface area contributed by atoms with E-state index >= 15 is 0 Å². The molecule has 13 heavy (non-hydrogen) atoms. The van der Waals surface area contributed by atoms with Crippen molar-refractivity contribution in [3.05, 3.63) is 21.9 Å². The summed E-state index contributed by atoms with van der Waals surface area (Å²) in [6.07, 6.45) is 0. The van der Waals surface area contributed by atoms with Crippen LogP contribution in [0, 0.1) is 6.92 Å². The van der Waals surface area contributed by atoms with E-state index in [1.165, 1.54) is 13.2 Å². The minimum Gasteiger partial charge on any atom is -0.494 e. The predicted molar refractivity (Wildman–Crippen MR) is 50.2 cm³/mol. The molecule has 0 unspecified atom stereocenters.